The smallest absolute Gasteiger partial charge is 0.254 e. The van der Waals surface area contributed by atoms with Crippen LogP contribution in [0.3, 0.4) is 0 Å². The number of aromatic hydroxyl groups is 1. The number of anilines is 2. The maximum Gasteiger partial charge on any atom is 0.254 e. The van der Waals surface area contributed by atoms with Gasteiger partial charge in [0.25, 0.3) is 5.88 Å². The molecule has 1 spiro atoms. The standard InChI is InChI=1S/C52H69N9O7S/c1-35(2)47(51(64)61-22-9-11-42(61)50(63)55-36(3)38-13-15-39(16-14-38)48-37(4)54-34-69-48)45-33-46(58-68-45)67-31-30-66-29-28-65-27-8-7-21-59-23-17-52(18-24-59)19-25-60(26-20-52)43-32-41(56-57-49(43)53)40-10-5-6-12-44(40)62/h5-6,10,12-16,32-36,42,47,62H,7-9,11,17-31H2,1-4H3,(H2,53,57)(H,55,63)/t36-,42-,47+/m0/s1. The summed E-state index contributed by atoms with van der Waals surface area (Å²) in [6.07, 6.45) is 8.16. The average molecular weight is 964 g/mol. The third-order valence-electron chi connectivity index (χ3n) is 14.3. The number of aromatic nitrogens is 4. The number of hydrogen-bond donors (Lipinski definition) is 3. The third kappa shape index (κ3) is 12.4. The van der Waals surface area contributed by atoms with Crippen LogP contribution in [0.4, 0.5) is 11.5 Å². The van der Waals surface area contributed by atoms with Crippen molar-refractivity contribution >= 4 is 34.7 Å². The topological polar surface area (TPSA) is 195 Å². The van der Waals surface area contributed by atoms with Gasteiger partial charge < -0.3 is 49.6 Å². The summed E-state index contributed by atoms with van der Waals surface area (Å²) in [7, 11) is 0. The molecule has 0 saturated carbocycles. The summed E-state index contributed by atoms with van der Waals surface area (Å²) >= 11 is 1.61. The van der Waals surface area contributed by atoms with Crippen LogP contribution in [0.1, 0.15) is 101 Å². The number of phenols is 1. The van der Waals surface area contributed by atoms with Crippen LogP contribution in [0, 0.1) is 18.3 Å². The zero-order chi connectivity index (χ0) is 48.3. The number of para-hydroxylation sites is 1. The Balaban J connectivity index is 0.674. The molecule has 6 heterocycles. The summed E-state index contributed by atoms with van der Waals surface area (Å²) in [6, 6.07) is 18.2. The van der Waals surface area contributed by atoms with Crippen molar-refractivity contribution in [3.63, 3.8) is 0 Å². The Morgan fingerprint density at radius 2 is 1.64 bits per heavy atom. The van der Waals surface area contributed by atoms with Crippen molar-refractivity contribution in [1.82, 2.24) is 35.5 Å². The van der Waals surface area contributed by atoms with Gasteiger partial charge in [0, 0.05) is 37.9 Å². The van der Waals surface area contributed by atoms with Gasteiger partial charge in [-0.3, -0.25) is 9.59 Å². The van der Waals surface area contributed by atoms with Gasteiger partial charge in [-0.15, -0.1) is 21.5 Å². The number of aryl methyl sites for hydroxylation is 1. The molecule has 3 atom stereocenters. The Hall–Kier alpha value is -5.62. The number of rotatable bonds is 21. The van der Waals surface area contributed by atoms with Crippen molar-refractivity contribution in [2.24, 2.45) is 11.3 Å². The molecule has 0 radical (unpaired) electrons. The SMILES string of the molecule is Cc1ncsc1-c1ccc([C@H](C)NC(=O)[C@@H]2CCCN2C(=O)[C@@H](c2cc(OCCOCCOCCCCN3CCC4(CC3)CCN(c3cc(-c5ccccc5O)nnc3N)CC4)no2)C(C)C)cc1. The molecule has 8 rings (SSSR count). The van der Waals surface area contributed by atoms with Gasteiger partial charge in [-0.25, -0.2) is 4.98 Å². The van der Waals surface area contributed by atoms with E-state index in [4.69, 9.17) is 24.5 Å². The highest BCUT2D eigenvalue weighted by Gasteiger charge is 2.41. The Kier molecular flexibility index (Phi) is 16.8. The highest BCUT2D eigenvalue weighted by molar-refractivity contribution is 7.13. The first-order valence-electron chi connectivity index (χ1n) is 24.7. The number of ether oxygens (including phenoxy) is 3. The monoisotopic (exact) mass is 964 g/mol. The second-order valence-electron chi connectivity index (χ2n) is 19.2. The molecular formula is C52H69N9O7S. The molecule has 2 amide bonds. The van der Waals surface area contributed by atoms with Crippen LogP contribution in [-0.4, -0.2) is 125 Å². The van der Waals surface area contributed by atoms with Gasteiger partial charge in [0.15, 0.2) is 11.6 Å². The van der Waals surface area contributed by atoms with Gasteiger partial charge in [-0.2, -0.15) is 0 Å². The Morgan fingerprint density at radius 3 is 2.36 bits per heavy atom. The number of likely N-dealkylation sites (tertiary alicyclic amines) is 2. The molecule has 4 N–H and O–H groups in total. The number of thiazole rings is 1. The van der Waals surface area contributed by atoms with E-state index in [0.717, 1.165) is 92.2 Å². The van der Waals surface area contributed by atoms with Crippen LogP contribution in [0.5, 0.6) is 11.6 Å². The van der Waals surface area contributed by atoms with Crippen molar-refractivity contribution < 1.29 is 33.4 Å². The first kappa shape index (κ1) is 49.8. The predicted molar refractivity (Wildman–Crippen MR) is 267 cm³/mol. The molecule has 3 aliphatic rings. The fraction of sp³-hybridized carbons (Fsp3) is 0.538. The van der Waals surface area contributed by atoms with Crippen molar-refractivity contribution in [1.29, 1.82) is 0 Å². The lowest BCUT2D eigenvalue weighted by Crippen LogP contribution is -2.48. The van der Waals surface area contributed by atoms with Gasteiger partial charge in [0.05, 0.1) is 53.3 Å². The molecule has 5 aromatic rings. The second kappa shape index (κ2) is 23.3. The van der Waals surface area contributed by atoms with E-state index >= 15 is 0 Å². The molecule has 370 valence electrons. The molecule has 0 unspecified atom stereocenters. The number of phenolic OH excluding ortho intramolecular Hbond substituents is 1. The fourth-order valence-corrected chi connectivity index (χ4v) is 10.9. The maximum atomic E-state index is 14.1. The molecule has 0 bridgehead atoms. The van der Waals surface area contributed by atoms with Crippen LogP contribution in [0.15, 0.2) is 70.7 Å². The molecule has 2 aromatic carbocycles. The van der Waals surface area contributed by atoms with Crippen LogP contribution in [0.25, 0.3) is 21.7 Å². The van der Waals surface area contributed by atoms with E-state index in [2.05, 4.69) is 47.6 Å². The zero-order valence-electron chi connectivity index (χ0n) is 40.6. The number of unbranched alkanes of at least 4 members (excludes halogenated alkanes) is 1. The summed E-state index contributed by atoms with van der Waals surface area (Å²) < 4.78 is 23.1. The molecular weight excluding hydrogens is 895 g/mol. The molecule has 3 aromatic heterocycles. The lowest BCUT2D eigenvalue weighted by atomic mass is 9.71. The highest BCUT2D eigenvalue weighted by atomic mass is 32.1. The Bertz CT molecular complexity index is 2440. The minimum atomic E-state index is -0.607. The van der Waals surface area contributed by atoms with Crippen LogP contribution in [0.2, 0.25) is 0 Å². The van der Waals surface area contributed by atoms with Gasteiger partial charge in [0.1, 0.15) is 24.3 Å². The fourth-order valence-electron chi connectivity index (χ4n) is 10.1. The number of carbonyl (C=O) groups is 2. The first-order valence-corrected chi connectivity index (χ1v) is 25.6. The summed E-state index contributed by atoms with van der Waals surface area (Å²) in [4.78, 5) is 39.8. The molecule has 3 fully saturated rings. The Labute approximate surface area is 409 Å². The van der Waals surface area contributed by atoms with Gasteiger partial charge in [0.2, 0.25) is 11.8 Å². The van der Waals surface area contributed by atoms with E-state index in [-0.39, 0.29) is 36.1 Å². The number of benzene rings is 2. The predicted octanol–water partition coefficient (Wildman–Crippen LogP) is 8.03. The van der Waals surface area contributed by atoms with Crippen LogP contribution < -0.4 is 20.7 Å². The van der Waals surface area contributed by atoms with Crippen LogP contribution >= 0.6 is 11.3 Å². The highest BCUT2D eigenvalue weighted by Crippen LogP contribution is 2.43. The number of nitrogens with two attached hydrogens (primary N) is 1. The van der Waals surface area contributed by atoms with E-state index in [9.17, 15) is 14.7 Å². The number of nitrogen functional groups attached to an aromatic ring is 1. The van der Waals surface area contributed by atoms with Gasteiger partial charge in [-0.05, 0) is 131 Å². The minimum absolute atomic E-state index is 0.0922. The van der Waals surface area contributed by atoms with Crippen molar-refractivity contribution in [2.75, 3.05) is 82.9 Å². The van der Waals surface area contributed by atoms with E-state index in [1.807, 2.05) is 63.5 Å². The molecule has 3 aliphatic heterocycles. The van der Waals surface area contributed by atoms with E-state index in [1.165, 1.54) is 12.8 Å². The molecule has 3 saturated heterocycles. The largest absolute Gasteiger partial charge is 0.507 e. The maximum absolute atomic E-state index is 14.1. The van der Waals surface area contributed by atoms with Crippen LogP contribution in [-0.2, 0) is 19.1 Å². The zero-order valence-corrected chi connectivity index (χ0v) is 41.4. The Morgan fingerprint density at radius 1 is 0.913 bits per heavy atom. The number of nitrogens with zero attached hydrogens (tertiary/aromatic N) is 7. The molecule has 69 heavy (non-hydrogen) atoms. The normalized spacial score (nSPS) is 18.2. The van der Waals surface area contributed by atoms with Gasteiger partial charge in [-0.1, -0.05) is 50.2 Å². The van der Waals surface area contributed by atoms with E-state index in [0.29, 0.717) is 73.5 Å². The number of carbonyl (C=O) groups excluding carboxylic acids is 2. The van der Waals surface area contributed by atoms with E-state index < -0.39 is 12.0 Å². The quantitative estimate of drug-likeness (QED) is 0.0598. The lowest BCUT2D eigenvalue weighted by molar-refractivity contribution is -0.141. The molecule has 17 heteroatoms. The lowest BCUT2D eigenvalue weighted by Gasteiger charge is -2.47. The summed E-state index contributed by atoms with van der Waals surface area (Å²) in [5, 5.41) is 26.1. The third-order valence-corrected chi connectivity index (χ3v) is 15.3. The number of amides is 2. The second-order valence-corrected chi connectivity index (χ2v) is 20.1. The van der Waals surface area contributed by atoms with Crippen molar-refractivity contribution in [2.45, 2.75) is 97.1 Å². The first-order chi connectivity index (χ1) is 33.5. The number of hydrogen-bond acceptors (Lipinski definition) is 15. The van der Waals surface area contributed by atoms with E-state index in [1.54, 1.807) is 34.4 Å². The summed E-state index contributed by atoms with van der Waals surface area (Å²) in [6.45, 7) is 16.0. The molecule has 16 nitrogen and oxygen atoms in total. The summed E-state index contributed by atoms with van der Waals surface area (Å²) in [5.74, 6) is 0.326. The van der Waals surface area contributed by atoms with Gasteiger partial charge >= 0.3 is 0 Å². The average Bonchev–Trinajstić information content (AvgIpc) is 4.14. The number of piperidine rings is 2. The van der Waals surface area contributed by atoms with Crippen molar-refractivity contribution in [3.8, 4) is 33.3 Å². The molecule has 0 aliphatic carbocycles. The summed E-state index contributed by atoms with van der Waals surface area (Å²) in [5.41, 5.74) is 13.8. The number of nitrogens with one attached hydrogen (secondary N) is 1. The van der Waals surface area contributed by atoms with Crippen molar-refractivity contribution in [3.05, 3.63) is 83.2 Å². The minimum Gasteiger partial charge on any atom is -0.507 e.